The Bertz CT molecular complexity index is 253. The highest BCUT2D eigenvalue weighted by Gasteiger charge is 2.27. The quantitative estimate of drug-likeness (QED) is 0.673. The van der Waals surface area contributed by atoms with Gasteiger partial charge in [0.15, 0.2) is 0 Å². The van der Waals surface area contributed by atoms with E-state index in [2.05, 4.69) is 0 Å². The zero-order valence-electron chi connectivity index (χ0n) is 7.88. The Morgan fingerprint density at radius 3 is 2.69 bits per heavy atom. The van der Waals surface area contributed by atoms with Crippen molar-refractivity contribution in [1.82, 2.24) is 0 Å². The summed E-state index contributed by atoms with van der Waals surface area (Å²) >= 11 is 0. The molecule has 0 aromatic rings. The number of carbonyl (C=O) groups is 1. The SMILES string of the molecule is O=C(O)C1=C2CCCCC2CCC1. The minimum Gasteiger partial charge on any atom is -0.478 e. The zero-order chi connectivity index (χ0) is 9.26. The lowest BCUT2D eigenvalue weighted by molar-refractivity contribution is -0.133. The fraction of sp³-hybridized carbons (Fsp3) is 0.727. The van der Waals surface area contributed by atoms with Crippen LogP contribution in [0, 0.1) is 5.92 Å². The molecule has 0 saturated heterocycles. The number of hydrogen-bond acceptors (Lipinski definition) is 1. The third kappa shape index (κ3) is 1.62. The molecule has 1 N–H and O–H groups in total. The molecule has 2 aliphatic carbocycles. The Morgan fingerprint density at radius 2 is 1.92 bits per heavy atom. The highest BCUT2D eigenvalue weighted by Crippen LogP contribution is 2.39. The molecule has 2 aliphatic rings. The first kappa shape index (κ1) is 8.79. The van der Waals surface area contributed by atoms with E-state index in [0.717, 1.165) is 24.8 Å². The summed E-state index contributed by atoms with van der Waals surface area (Å²) in [7, 11) is 0. The summed E-state index contributed by atoms with van der Waals surface area (Å²) in [6, 6.07) is 0. The van der Waals surface area contributed by atoms with Crippen LogP contribution in [0.5, 0.6) is 0 Å². The van der Waals surface area contributed by atoms with Crippen molar-refractivity contribution in [1.29, 1.82) is 0 Å². The van der Waals surface area contributed by atoms with Gasteiger partial charge in [0.2, 0.25) is 0 Å². The Kier molecular flexibility index (Phi) is 2.38. The van der Waals surface area contributed by atoms with E-state index < -0.39 is 5.97 Å². The molecule has 0 aliphatic heterocycles. The molecule has 0 spiro atoms. The normalized spacial score (nSPS) is 28.5. The minimum atomic E-state index is -0.665. The largest absolute Gasteiger partial charge is 0.478 e. The topological polar surface area (TPSA) is 37.3 Å². The van der Waals surface area contributed by atoms with E-state index in [0.29, 0.717) is 5.92 Å². The smallest absolute Gasteiger partial charge is 0.331 e. The summed E-state index contributed by atoms with van der Waals surface area (Å²) in [5.41, 5.74) is 2.03. The van der Waals surface area contributed by atoms with E-state index in [1.165, 1.54) is 31.3 Å². The Hall–Kier alpha value is -0.790. The molecule has 0 bridgehead atoms. The van der Waals surface area contributed by atoms with Gasteiger partial charge in [-0.3, -0.25) is 0 Å². The first-order valence-corrected chi connectivity index (χ1v) is 5.24. The number of aliphatic carboxylic acids is 1. The Morgan fingerprint density at radius 1 is 1.15 bits per heavy atom. The van der Waals surface area contributed by atoms with Crippen LogP contribution in [0.15, 0.2) is 11.1 Å². The van der Waals surface area contributed by atoms with Crippen LogP contribution >= 0.6 is 0 Å². The highest BCUT2D eigenvalue weighted by atomic mass is 16.4. The molecule has 1 unspecified atom stereocenters. The second-order valence-electron chi connectivity index (χ2n) is 4.14. The van der Waals surface area contributed by atoms with Crippen LogP contribution in [0.3, 0.4) is 0 Å². The minimum absolute atomic E-state index is 0.619. The molecule has 0 amide bonds. The third-order valence-corrected chi connectivity index (χ3v) is 3.37. The number of fused-ring (bicyclic) bond motifs is 1. The van der Waals surface area contributed by atoms with Crippen molar-refractivity contribution in [2.24, 2.45) is 5.92 Å². The van der Waals surface area contributed by atoms with Gasteiger partial charge in [-0.05, 0) is 44.4 Å². The highest BCUT2D eigenvalue weighted by molar-refractivity contribution is 5.87. The molecule has 2 heteroatoms. The molecule has 0 aromatic heterocycles. The monoisotopic (exact) mass is 180 g/mol. The molecule has 72 valence electrons. The molecular formula is C11H16O2. The average molecular weight is 180 g/mol. The van der Waals surface area contributed by atoms with Crippen molar-refractivity contribution in [3.63, 3.8) is 0 Å². The second kappa shape index (κ2) is 3.52. The molecule has 2 nitrogen and oxygen atoms in total. The maximum Gasteiger partial charge on any atom is 0.331 e. The van der Waals surface area contributed by atoms with Crippen molar-refractivity contribution in [2.45, 2.75) is 44.9 Å². The predicted octanol–water partition coefficient (Wildman–Crippen LogP) is 2.74. The van der Waals surface area contributed by atoms with Gasteiger partial charge in [0.1, 0.15) is 0 Å². The number of carboxylic acids is 1. The van der Waals surface area contributed by atoms with E-state index in [1.807, 2.05) is 0 Å². The van der Waals surface area contributed by atoms with Crippen LogP contribution in [0.2, 0.25) is 0 Å². The molecule has 2 rings (SSSR count). The summed E-state index contributed by atoms with van der Waals surface area (Å²) in [5, 5.41) is 9.02. The van der Waals surface area contributed by atoms with Crippen LogP contribution in [-0.2, 0) is 4.79 Å². The van der Waals surface area contributed by atoms with Crippen LogP contribution in [-0.4, -0.2) is 11.1 Å². The summed E-state index contributed by atoms with van der Waals surface area (Å²) in [6.07, 6.45) is 7.88. The van der Waals surface area contributed by atoms with Gasteiger partial charge in [0.25, 0.3) is 0 Å². The second-order valence-corrected chi connectivity index (χ2v) is 4.14. The van der Waals surface area contributed by atoms with Crippen molar-refractivity contribution >= 4 is 5.97 Å². The van der Waals surface area contributed by atoms with Gasteiger partial charge in [-0.2, -0.15) is 0 Å². The summed E-state index contributed by atoms with van der Waals surface area (Å²) in [4.78, 5) is 11.0. The Labute approximate surface area is 78.6 Å². The summed E-state index contributed by atoms with van der Waals surface area (Å²) in [5.74, 6) is -0.0461. The fourth-order valence-electron chi connectivity index (χ4n) is 2.73. The van der Waals surface area contributed by atoms with E-state index in [4.69, 9.17) is 5.11 Å². The third-order valence-electron chi connectivity index (χ3n) is 3.37. The van der Waals surface area contributed by atoms with Crippen LogP contribution < -0.4 is 0 Å². The molecule has 13 heavy (non-hydrogen) atoms. The lowest BCUT2D eigenvalue weighted by Crippen LogP contribution is -2.20. The van der Waals surface area contributed by atoms with Crippen LogP contribution in [0.1, 0.15) is 44.9 Å². The van der Waals surface area contributed by atoms with Gasteiger partial charge in [0.05, 0.1) is 0 Å². The van der Waals surface area contributed by atoms with E-state index in [1.54, 1.807) is 0 Å². The van der Waals surface area contributed by atoms with Crippen LogP contribution in [0.4, 0.5) is 0 Å². The standard InChI is InChI=1S/C11H16O2/c12-11(13)10-7-3-5-8-4-1-2-6-9(8)10/h8H,1-7H2,(H,12,13). The number of allylic oxidation sites excluding steroid dienone is 1. The van der Waals surface area contributed by atoms with Crippen molar-refractivity contribution < 1.29 is 9.90 Å². The van der Waals surface area contributed by atoms with Crippen molar-refractivity contribution in [2.75, 3.05) is 0 Å². The molecule has 1 atom stereocenters. The molecule has 1 fully saturated rings. The molecule has 0 aromatic carbocycles. The maximum atomic E-state index is 11.0. The Balaban J connectivity index is 2.28. The van der Waals surface area contributed by atoms with E-state index >= 15 is 0 Å². The van der Waals surface area contributed by atoms with Gasteiger partial charge in [-0.25, -0.2) is 4.79 Å². The number of carboxylic acid groups (broad SMARTS) is 1. The zero-order valence-corrected chi connectivity index (χ0v) is 7.88. The maximum absolute atomic E-state index is 11.0. The first-order valence-electron chi connectivity index (χ1n) is 5.24. The van der Waals surface area contributed by atoms with Gasteiger partial charge in [0, 0.05) is 5.57 Å². The predicted molar refractivity (Wildman–Crippen MR) is 50.5 cm³/mol. The molecule has 1 saturated carbocycles. The summed E-state index contributed by atoms with van der Waals surface area (Å²) < 4.78 is 0. The lowest BCUT2D eigenvalue weighted by atomic mass is 9.74. The number of hydrogen-bond donors (Lipinski definition) is 1. The van der Waals surface area contributed by atoms with E-state index in [9.17, 15) is 4.79 Å². The molecule has 0 radical (unpaired) electrons. The van der Waals surface area contributed by atoms with Crippen molar-refractivity contribution in [3.05, 3.63) is 11.1 Å². The van der Waals surface area contributed by atoms with Gasteiger partial charge in [-0.15, -0.1) is 0 Å². The van der Waals surface area contributed by atoms with Gasteiger partial charge in [-0.1, -0.05) is 12.0 Å². The number of rotatable bonds is 1. The van der Waals surface area contributed by atoms with Gasteiger partial charge >= 0.3 is 5.97 Å². The lowest BCUT2D eigenvalue weighted by Gasteiger charge is -2.30. The van der Waals surface area contributed by atoms with E-state index in [-0.39, 0.29) is 0 Å². The fourth-order valence-corrected chi connectivity index (χ4v) is 2.73. The van der Waals surface area contributed by atoms with Crippen LogP contribution in [0.25, 0.3) is 0 Å². The van der Waals surface area contributed by atoms with Crippen molar-refractivity contribution in [3.8, 4) is 0 Å². The molecule has 0 heterocycles. The molecular weight excluding hydrogens is 164 g/mol. The summed E-state index contributed by atoms with van der Waals surface area (Å²) in [6.45, 7) is 0. The first-order chi connectivity index (χ1) is 6.29. The van der Waals surface area contributed by atoms with Gasteiger partial charge < -0.3 is 5.11 Å². The average Bonchev–Trinajstić information content (AvgIpc) is 2.17.